The summed E-state index contributed by atoms with van der Waals surface area (Å²) in [6.45, 7) is 7.67. The fourth-order valence-electron chi connectivity index (χ4n) is 1.58. The van der Waals surface area contributed by atoms with Crippen molar-refractivity contribution in [3.8, 4) is 5.75 Å². The van der Waals surface area contributed by atoms with Crippen LogP contribution in [-0.2, 0) is 11.3 Å². The quantitative estimate of drug-likeness (QED) is 0.753. The van der Waals surface area contributed by atoms with Gasteiger partial charge < -0.3 is 14.8 Å². The lowest BCUT2D eigenvalue weighted by Gasteiger charge is -2.13. The lowest BCUT2D eigenvalue weighted by atomic mass is 10.2. The molecule has 1 unspecified atom stereocenters. The summed E-state index contributed by atoms with van der Waals surface area (Å²) in [5.41, 5.74) is 1.14. The molecular formula is C14H23NO2. The van der Waals surface area contributed by atoms with E-state index in [9.17, 15) is 0 Å². The molecule has 0 aliphatic carbocycles. The molecule has 0 amide bonds. The van der Waals surface area contributed by atoms with E-state index in [2.05, 4.69) is 19.2 Å². The van der Waals surface area contributed by atoms with E-state index < -0.39 is 0 Å². The fraction of sp³-hybridized carbons (Fsp3) is 0.571. The van der Waals surface area contributed by atoms with Gasteiger partial charge in [0.15, 0.2) is 0 Å². The molecule has 96 valence electrons. The van der Waals surface area contributed by atoms with Crippen molar-refractivity contribution < 1.29 is 9.47 Å². The topological polar surface area (TPSA) is 30.5 Å². The Morgan fingerprint density at radius 2 is 2.18 bits per heavy atom. The average molecular weight is 237 g/mol. The first kappa shape index (κ1) is 14.0. The largest absolute Gasteiger partial charge is 0.493 e. The third-order valence-corrected chi connectivity index (χ3v) is 2.49. The van der Waals surface area contributed by atoms with Crippen molar-refractivity contribution in [3.63, 3.8) is 0 Å². The highest BCUT2D eigenvalue weighted by atomic mass is 16.5. The van der Waals surface area contributed by atoms with E-state index in [4.69, 9.17) is 9.47 Å². The van der Waals surface area contributed by atoms with Gasteiger partial charge in [0.1, 0.15) is 5.75 Å². The summed E-state index contributed by atoms with van der Waals surface area (Å²) in [5.74, 6) is 1.43. The molecule has 0 saturated carbocycles. The summed E-state index contributed by atoms with van der Waals surface area (Å²) in [6.07, 6.45) is 0. The molecule has 0 heterocycles. The van der Waals surface area contributed by atoms with Gasteiger partial charge in [-0.05, 0) is 24.2 Å². The number of hydrogen-bond acceptors (Lipinski definition) is 3. The van der Waals surface area contributed by atoms with E-state index in [1.54, 1.807) is 7.11 Å². The Kier molecular flexibility index (Phi) is 6.67. The summed E-state index contributed by atoms with van der Waals surface area (Å²) < 4.78 is 10.9. The van der Waals surface area contributed by atoms with Crippen LogP contribution in [0, 0.1) is 5.92 Å². The molecule has 0 bridgehead atoms. The molecule has 1 aromatic carbocycles. The van der Waals surface area contributed by atoms with E-state index in [1.807, 2.05) is 24.3 Å². The monoisotopic (exact) mass is 237 g/mol. The molecule has 0 saturated heterocycles. The number of nitrogens with one attached hydrogen (secondary N) is 1. The Hall–Kier alpha value is -1.06. The predicted octanol–water partition coefficient (Wildman–Crippen LogP) is 2.46. The van der Waals surface area contributed by atoms with Crippen molar-refractivity contribution in [2.45, 2.75) is 20.5 Å². The third kappa shape index (κ3) is 5.71. The Bertz CT molecular complexity index is 315. The van der Waals surface area contributed by atoms with Crippen LogP contribution in [0.25, 0.3) is 0 Å². The molecule has 17 heavy (non-hydrogen) atoms. The van der Waals surface area contributed by atoms with Crippen molar-refractivity contribution in [1.82, 2.24) is 5.32 Å². The van der Waals surface area contributed by atoms with Crippen molar-refractivity contribution >= 4 is 0 Å². The zero-order valence-corrected chi connectivity index (χ0v) is 11.0. The molecule has 3 heteroatoms. The van der Waals surface area contributed by atoms with Crippen molar-refractivity contribution in [2.75, 3.05) is 26.8 Å². The number of ether oxygens (including phenoxy) is 2. The minimum Gasteiger partial charge on any atom is -0.493 e. The smallest absolute Gasteiger partial charge is 0.119 e. The molecular weight excluding hydrogens is 214 g/mol. The van der Waals surface area contributed by atoms with Crippen LogP contribution in [0.5, 0.6) is 5.75 Å². The normalized spacial score (nSPS) is 12.4. The maximum Gasteiger partial charge on any atom is 0.119 e. The SMILES string of the molecule is CCNCC(C)COc1cccc(COC)c1. The van der Waals surface area contributed by atoms with Crippen LogP contribution in [0.4, 0.5) is 0 Å². The highest BCUT2D eigenvalue weighted by Crippen LogP contribution is 2.14. The lowest BCUT2D eigenvalue weighted by Crippen LogP contribution is -2.24. The van der Waals surface area contributed by atoms with Crippen LogP contribution in [0.15, 0.2) is 24.3 Å². The van der Waals surface area contributed by atoms with Gasteiger partial charge in [0, 0.05) is 19.6 Å². The molecule has 0 radical (unpaired) electrons. The number of methoxy groups -OCH3 is 1. The molecule has 0 spiro atoms. The van der Waals surface area contributed by atoms with E-state index in [0.717, 1.165) is 31.0 Å². The Morgan fingerprint density at radius 1 is 1.35 bits per heavy atom. The summed E-state index contributed by atoms with van der Waals surface area (Å²) in [6, 6.07) is 8.06. The predicted molar refractivity (Wildman–Crippen MR) is 70.4 cm³/mol. The molecule has 3 nitrogen and oxygen atoms in total. The van der Waals surface area contributed by atoms with E-state index in [-0.39, 0.29) is 0 Å². The first-order valence-electron chi connectivity index (χ1n) is 6.17. The zero-order chi connectivity index (χ0) is 12.5. The van der Waals surface area contributed by atoms with E-state index in [1.165, 1.54) is 0 Å². The standard InChI is InChI=1S/C14H23NO2/c1-4-15-9-12(2)10-17-14-7-5-6-13(8-14)11-16-3/h5-8,12,15H,4,9-11H2,1-3H3. The highest BCUT2D eigenvalue weighted by molar-refractivity contribution is 5.28. The third-order valence-electron chi connectivity index (χ3n) is 2.49. The van der Waals surface area contributed by atoms with Crippen LogP contribution < -0.4 is 10.1 Å². The Morgan fingerprint density at radius 3 is 2.88 bits per heavy atom. The Labute approximate surface area is 104 Å². The van der Waals surface area contributed by atoms with Gasteiger partial charge in [0.05, 0.1) is 13.2 Å². The van der Waals surface area contributed by atoms with Crippen LogP contribution >= 0.6 is 0 Å². The lowest BCUT2D eigenvalue weighted by molar-refractivity contribution is 0.184. The van der Waals surface area contributed by atoms with Crippen molar-refractivity contribution in [1.29, 1.82) is 0 Å². The summed E-state index contributed by atoms with van der Waals surface area (Å²) in [5, 5.41) is 3.32. The average Bonchev–Trinajstić information content (AvgIpc) is 2.35. The summed E-state index contributed by atoms with van der Waals surface area (Å²) >= 11 is 0. The van der Waals surface area contributed by atoms with E-state index >= 15 is 0 Å². The van der Waals surface area contributed by atoms with Gasteiger partial charge >= 0.3 is 0 Å². The van der Waals surface area contributed by atoms with Gasteiger partial charge in [0.2, 0.25) is 0 Å². The molecule has 1 aromatic rings. The maximum absolute atomic E-state index is 5.76. The molecule has 0 aliphatic rings. The molecule has 1 atom stereocenters. The second kappa shape index (κ2) is 8.09. The van der Waals surface area contributed by atoms with Crippen LogP contribution in [0.2, 0.25) is 0 Å². The molecule has 1 N–H and O–H groups in total. The van der Waals surface area contributed by atoms with Crippen LogP contribution in [-0.4, -0.2) is 26.8 Å². The highest BCUT2D eigenvalue weighted by Gasteiger charge is 2.03. The summed E-state index contributed by atoms with van der Waals surface area (Å²) in [4.78, 5) is 0. The minimum atomic E-state index is 0.515. The van der Waals surface area contributed by atoms with Gasteiger partial charge in [-0.2, -0.15) is 0 Å². The van der Waals surface area contributed by atoms with Gasteiger partial charge in [0.25, 0.3) is 0 Å². The van der Waals surface area contributed by atoms with Gasteiger partial charge in [-0.1, -0.05) is 26.0 Å². The van der Waals surface area contributed by atoms with Gasteiger partial charge in [-0.25, -0.2) is 0 Å². The second-order valence-corrected chi connectivity index (χ2v) is 4.30. The first-order valence-corrected chi connectivity index (χ1v) is 6.17. The second-order valence-electron chi connectivity index (χ2n) is 4.30. The first-order chi connectivity index (χ1) is 8.26. The van der Waals surface area contributed by atoms with Crippen molar-refractivity contribution in [3.05, 3.63) is 29.8 Å². The fourth-order valence-corrected chi connectivity index (χ4v) is 1.58. The van der Waals surface area contributed by atoms with Gasteiger partial charge in [-0.3, -0.25) is 0 Å². The van der Waals surface area contributed by atoms with Gasteiger partial charge in [-0.15, -0.1) is 0 Å². The molecule has 0 fully saturated rings. The minimum absolute atomic E-state index is 0.515. The van der Waals surface area contributed by atoms with Crippen LogP contribution in [0.3, 0.4) is 0 Å². The molecule has 0 aliphatic heterocycles. The zero-order valence-electron chi connectivity index (χ0n) is 11.0. The Balaban J connectivity index is 2.37. The molecule has 1 rings (SSSR count). The summed E-state index contributed by atoms with van der Waals surface area (Å²) in [7, 11) is 1.70. The van der Waals surface area contributed by atoms with Crippen LogP contribution in [0.1, 0.15) is 19.4 Å². The maximum atomic E-state index is 5.76. The van der Waals surface area contributed by atoms with Crippen molar-refractivity contribution in [2.24, 2.45) is 5.92 Å². The number of benzene rings is 1. The molecule has 0 aromatic heterocycles. The number of rotatable bonds is 8. The number of hydrogen-bond donors (Lipinski definition) is 1. The van der Waals surface area contributed by atoms with E-state index in [0.29, 0.717) is 12.5 Å².